The Morgan fingerprint density at radius 2 is 2.10 bits per heavy atom. The van der Waals surface area contributed by atoms with Crippen molar-refractivity contribution in [2.45, 2.75) is 69.6 Å². The molecule has 3 fully saturated rings. The van der Waals surface area contributed by atoms with Crippen LogP contribution in [0.5, 0.6) is 0 Å². The van der Waals surface area contributed by atoms with Gasteiger partial charge in [-0.15, -0.1) is 0 Å². The zero-order valence-corrected chi connectivity index (χ0v) is 13.3. The van der Waals surface area contributed by atoms with Gasteiger partial charge in [0.15, 0.2) is 0 Å². The van der Waals surface area contributed by atoms with Gasteiger partial charge in [0.05, 0.1) is 0 Å². The first-order chi connectivity index (χ1) is 10.2. The molecule has 2 heterocycles. The van der Waals surface area contributed by atoms with E-state index in [0.717, 1.165) is 25.9 Å². The maximum Gasteiger partial charge on any atom is 0.221 e. The van der Waals surface area contributed by atoms with Crippen LogP contribution < -0.4 is 11.1 Å². The first-order valence-electron chi connectivity index (χ1n) is 8.66. The van der Waals surface area contributed by atoms with Crippen LogP contribution in [0.3, 0.4) is 0 Å². The van der Waals surface area contributed by atoms with E-state index in [4.69, 9.17) is 5.73 Å². The number of piperazine rings is 1. The van der Waals surface area contributed by atoms with Gasteiger partial charge in [0.2, 0.25) is 5.91 Å². The third-order valence-electron chi connectivity index (χ3n) is 5.34. The van der Waals surface area contributed by atoms with Crippen molar-refractivity contribution >= 4 is 5.91 Å². The van der Waals surface area contributed by atoms with Crippen LogP contribution in [-0.2, 0) is 4.79 Å². The van der Waals surface area contributed by atoms with Crippen molar-refractivity contribution in [3.8, 4) is 0 Å². The lowest BCUT2D eigenvalue weighted by atomic mass is 9.95. The van der Waals surface area contributed by atoms with Crippen molar-refractivity contribution in [2.75, 3.05) is 26.2 Å². The summed E-state index contributed by atoms with van der Waals surface area (Å²) in [5.74, 6) is 0.186. The zero-order valence-electron chi connectivity index (χ0n) is 13.3. The van der Waals surface area contributed by atoms with Gasteiger partial charge in [-0.2, -0.15) is 0 Å². The molecule has 3 unspecified atom stereocenters. The minimum atomic E-state index is 0.186. The number of nitrogens with one attached hydrogen (secondary N) is 1. The van der Waals surface area contributed by atoms with Crippen LogP contribution in [0.1, 0.15) is 45.4 Å². The molecule has 0 bridgehead atoms. The van der Waals surface area contributed by atoms with Crippen LogP contribution in [-0.4, -0.2) is 66.1 Å². The first-order valence-corrected chi connectivity index (χ1v) is 8.66. The summed E-state index contributed by atoms with van der Waals surface area (Å²) in [6.45, 7) is 6.32. The number of carbonyl (C=O) groups is 1. The van der Waals surface area contributed by atoms with Gasteiger partial charge < -0.3 is 11.1 Å². The summed E-state index contributed by atoms with van der Waals surface area (Å²) in [7, 11) is 0. The van der Waals surface area contributed by atoms with Crippen LogP contribution in [0.2, 0.25) is 0 Å². The average Bonchev–Trinajstić information content (AvgIpc) is 3.28. The monoisotopic (exact) mass is 294 g/mol. The fraction of sp³-hybridized carbons (Fsp3) is 0.938. The van der Waals surface area contributed by atoms with E-state index >= 15 is 0 Å². The molecule has 3 N–H and O–H groups in total. The van der Waals surface area contributed by atoms with Crippen LogP contribution in [0.15, 0.2) is 0 Å². The lowest BCUT2D eigenvalue weighted by molar-refractivity contribution is -0.123. The molecular weight excluding hydrogens is 264 g/mol. The number of nitrogens with zero attached hydrogens (tertiary/aromatic N) is 2. The summed E-state index contributed by atoms with van der Waals surface area (Å²) in [5, 5.41) is 3.10. The van der Waals surface area contributed by atoms with E-state index in [1.807, 2.05) is 0 Å². The second-order valence-electron chi connectivity index (χ2n) is 7.13. The lowest BCUT2D eigenvalue weighted by Crippen LogP contribution is -2.62. The molecule has 5 heteroatoms. The van der Waals surface area contributed by atoms with Gasteiger partial charge in [-0.1, -0.05) is 6.42 Å². The third-order valence-corrected chi connectivity index (χ3v) is 5.34. The Balaban J connectivity index is 1.57. The van der Waals surface area contributed by atoms with Gasteiger partial charge in [0.1, 0.15) is 0 Å². The standard InChI is InChI=1S/C16H30N4O/c1-12-10-19-7-3-2-4-14(19)11-20(12)15(9-17)8-16(21)18-13-5-6-13/h12-15H,2-11,17H2,1H3,(H,18,21). The molecule has 120 valence electrons. The van der Waals surface area contributed by atoms with E-state index in [9.17, 15) is 4.79 Å². The Morgan fingerprint density at radius 1 is 1.29 bits per heavy atom. The molecule has 1 saturated carbocycles. The number of nitrogens with two attached hydrogens (primary N) is 1. The van der Waals surface area contributed by atoms with Gasteiger partial charge in [0, 0.05) is 50.2 Å². The summed E-state index contributed by atoms with van der Waals surface area (Å²) in [4.78, 5) is 17.2. The van der Waals surface area contributed by atoms with E-state index in [2.05, 4.69) is 22.0 Å². The van der Waals surface area contributed by atoms with Gasteiger partial charge in [0.25, 0.3) is 0 Å². The first kappa shape index (κ1) is 15.3. The quantitative estimate of drug-likeness (QED) is 0.777. The Morgan fingerprint density at radius 3 is 2.81 bits per heavy atom. The zero-order chi connectivity index (χ0) is 14.8. The highest BCUT2D eigenvalue weighted by Crippen LogP contribution is 2.26. The van der Waals surface area contributed by atoms with Gasteiger partial charge in [-0.3, -0.25) is 14.6 Å². The molecule has 0 radical (unpaired) electrons. The average molecular weight is 294 g/mol. The number of amides is 1. The van der Waals surface area contributed by atoms with Crippen molar-refractivity contribution in [3.05, 3.63) is 0 Å². The van der Waals surface area contributed by atoms with Gasteiger partial charge in [-0.25, -0.2) is 0 Å². The normalized spacial score (nSPS) is 32.5. The maximum atomic E-state index is 12.1. The second-order valence-corrected chi connectivity index (χ2v) is 7.13. The van der Waals surface area contributed by atoms with Crippen LogP contribution >= 0.6 is 0 Å². The minimum Gasteiger partial charge on any atom is -0.353 e. The van der Waals surface area contributed by atoms with Crippen LogP contribution in [0.4, 0.5) is 0 Å². The number of hydrogen-bond acceptors (Lipinski definition) is 4. The molecule has 3 rings (SSSR count). The molecule has 2 saturated heterocycles. The summed E-state index contributed by atoms with van der Waals surface area (Å²) in [6, 6.07) is 1.82. The van der Waals surface area contributed by atoms with E-state index in [1.165, 1.54) is 25.8 Å². The highest BCUT2D eigenvalue weighted by molar-refractivity contribution is 5.77. The van der Waals surface area contributed by atoms with E-state index in [1.54, 1.807) is 0 Å². The Hall–Kier alpha value is -0.650. The van der Waals surface area contributed by atoms with Crippen molar-refractivity contribution in [3.63, 3.8) is 0 Å². The molecule has 1 aliphatic carbocycles. The van der Waals surface area contributed by atoms with Crippen molar-refractivity contribution in [1.82, 2.24) is 15.1 Å². The Kier molecular flexibility index (Phi) is 4.82. The van der Waals surface area contributed by atoms with Crippen LogP contribution in [0.25, 0.3) is 0 Å². The molecule has 2 aliphatic heterocycles. The number of hydrogen-bond donors (Lipinski definition) is 2. The summed E-state index contributed by atoms with van der Waals surface area (Å²) in [5.41, 5.74) is 5.99. The number of piperidine rings is 1. The van der Waals surface area contributed by atoms with Gasteiger partial charge in [-0.05, 0) is 39.2 Å². The molecule has 3 atom stereocenters. The highest BCUT2D eigenvalue weighted by atomic mass is 16.1. The molecular formula is C16H30N4O. The van der Waals surface area contributed by atoms with Gasteiger partial charge >= 0.3 is 0 Å². The summed E-state index contributed by atoms with van der Waals surface area (Å²) in [6.07, 6.45) is 6.84. The minimum absolute atomic E-state index is 0.186. The smallest absolute Gasteiger partial charge is 0.221 e. The summed E-state index contributed by atoms with van der Waals surface area (Å²) < 4.78 is 0. The number of carbonyl (C=O) groups excluding carboxylic acids is 1. The maximum absolute atomic E-state index is 12.1. The third kappa shape index (κ3) is 3.76. The molecule has 3 aliphatic rings. The van der Waals surface area contributed by atoms with E-state index in [-0.39, 0.29) is 11.9 Å². The molecule has 5 nitrogen and oxygen atoms in total. The second kappa shape index (κ2) is 6.63. The SMILES string of the molecule is CC1CN2CCCCC2CN1C(CN)CC(=O)NC1CC1. The number of fused-ring (bicyclic) bond motifs is 1. The molecule has 0 aromatic rings. The highest BCUT2D eigenvalue weighted by Gasteiger charge is 2.36. The topological polar surface area (TPSA) is 61.6 Å². The van der Waals surface area contributed by atoms with Crippen molar-refractivity contribution in [1.29, 1.82) is 0 Å². The molecule has 0 aromatic carbocycles. The lowest BCUT2D eigenvalue weighted by Gasteiger charge is -2.49. The predicted octanol–water partition coefficient (Wildman–Crippen LogP) is 0.541. The number of rotatable bonds is 5. The molecule has 0 aromatic heterocycles. The van der Waals surface area contributed by atoms with Crippen molar-refractivity contribution < 1.29 is 4.79 Å². The largest absolute Gasteiger partial charge is 0.353 e. The van der Waals surface area contributed by atoms with Crippen LogP contribution in [0, 0.1) is 0 Å². The van der Waals surface area contributed by atoms with Crippen molar-refractivity contribution in [2.24, 2.45) is 5.73 Å². The Bertz CT molecular complexity index is 371. The summed E-state index contributed by atoms with van der Waals surface area (Å²) >= 11 is 0. The van der Waals surface area contributed by atoms with E-state index in [0.29, 0.717) is 31.1 Å². The van der Waals surface area contributed by atoms with E-state index < -0.39 is 0 Å². The molecule has 21 heavy (non-hydrogen) atoms. The molecule has 0 spiro atoms. The Labute approximate surface area is 128 Å². The molecule has 1 amide bonds. The predicted molar refractivity (Wildman–Crippen MR) is 84.0 cm³/mol. The fourth-order valence-corrected chi connectivity index (χ4v) is 3.95. The fourth-order valence-electron chi connectivity index (χ4n) is 3.95.